The first-order valence-electron chi connectivity index (χ1n) is 8.37. The monoisotopic (exact) mass is 364 g/mol. The number of para-hydroxylation sites is 1. The Morgan fingerprint density at radius 1 is 1.15 bits per heavy atom. The topological polar surface area (TPSA) is 58.1 Å². The predicted octanol–water partition coefficient (Wildman–Crippen LogP) is 4.38. The number of nitrogens with one attached hydrogen (secondary N) is 1. The zero-order valence-corrected chi connectivity index (χ0v) is 15.0. The van der Waals surface area contributed by atoms with Crippen molar-refractivity contribution in [2.24, 2.45) is 0 Å². The molecule has 2 aromatic carbocycles. The van der Waals surface area contributed by atoms with Crippen molar-refractivity contribution in [3.63, 3.8) is 0 Å². The quantitative estimate of drug-likeness (QED) is 0.749. The van der Waals surface area contributed by atoms with Crippen LogP contribution in [0.3, 0.4) is 0 Å². The summed E-state index contributed by atoms with van der Waals surface area (Å²) in [5, 5.41) is 3.90. The molecule has 130 valence electrons. The summed E-state index contributed by atoms with van der Waals surface area (Å²) in [7, 11) is 0. The van der Waals surface area contributed by atoms with Gasteiger partial charge in [-0.2, -0.15) is 0 Å². The van der Waals surface area contributed by atoms with E-state index >= 15 is 0 Å². The Morgan fingerprint density at radius 3 is 2.85 bits per heavy atom. The minimum Gasteiger partial charge on any atom is -0.340 e. The fourth-order valence-corrected chi connectivity index (χ4v) is 3.36. The second kappa shape index (κ2) is 6.77. The lowest BCUT2D eigenvalue weighted by atomic mass is 10.2. The van der Waals surface area contributed by atoms with Crippen molar-refractivity contribution in [3.05, 3.63) is 76.7 Å². The van der Waals surface area contributed by atoms with Crippen molar-refractivity contribution in [1.29, 1.82) is 0 Å². The zero-order chi connectivity index (χ0) is 18.1. The number of aryl methyl sites for hydroxylation is 1. The number of carbonyl (C=O) groups excluding carboxylic acids is 1. The van der Waals surface area contributed by atoms with Crippen LogP contribution in [-0.4, -0.2) is 22.4 Å². The molecule has 2 heterocycles. The van der Waals surface area contributed by atoms with Crippen LogP contribution >= 0.6 is 11.6 Å². The molecule has 0 saturated heterocycles. The number of anilines is 3. The zero-order valence-electron chi connectivity index (χ0n) is 14.2. The van der Waals surface area contributed by atoms with Gasteiger partial charge in [0.05, 0.1) is 0 Å². The lowest BCUT2D eigenvalue weighted by Gasteiger charge is -2.17. The first-order chi connectivity index (χ1) is 12.6. The molecule has 0 spiro atoms. The van der Waals surface area contributed by atoms with Crippen LogP contribution in [0, 0.1) is 6.92 Å². The molecule has 1 aliphatic heterocycles. The van der Waals surface area contributed by atoms with Crippen LogP contribution in [-0.2, 0) is 6.42 Å². The third kappa shape index (κ3) is 3.13. The first-order valence-corrected chi connectivity index (χ1v) is 8.74. The molecule has 0 unspecified atom stereocenters. The normalized spacial score (nSPS) is 12.8. The number of halogens is 1. The Labute approximate surface area is 156 Å². The van der Waals surface area contributed by atoms with Gasteiger partial charge in [-0.1, -0.05) is 29.8 Å². The van der Waals surface area contributed by atoms with Crippen molar-refractivity contribution in [1.82, 2.24) is 9.97 Å². The van der Waals surface area contributed by atoms with E-state index in [1.807, 2.05) is 43.3 Å². The Hall–Kier alpha value is -2.92. The second-order valence-corrected chi connectivity index (χ2v) is 6.64. The molecule has 26 heavy (non-hydrogen) atoms. The smallest absolute Gasteiger partial charge is 0.277 e. The maximum atomic E-state index is 12.9. The number of fused-ring (bicyclic) bond motifs is 1. The highest BCUT2D eigenvalue weighted by molar-refractivity contribution is 6.30. The van der Waals surface area contributed by atoms with E-state index in [0.717, 1.165) is 23.4 Å². The van der Waals surface area contributed by atoms with Crippen LogP contribution < -0.4 is 10.2 Å². The summed E-state index contributed by atoms with van der Waals surface area (Å²) in [6, 6.07) is 15.2. The lowest BCUT2D eigenvalue weighted by Crippen LogP contribution is -2.29. The second-order valence-electron chi connectivity index (χ2n) is 6.21. The van der Waals surface area contributed by atoms with Gasteiger partial charge in [0.25, 0.3) is 5.91 Å². The molecule has 0 bridgehead atoms. The molecular formula is C20H17ClN4O. The van der Waals surface area contributed by atoms with E-state index in [-0.39, 0.29) is 5.91 Å². The SMILES string of the molecule is Cc1cc(Cl)ccc1Nc1cc(C(=O)N2CCc3ccccc32)ncn1. The van der Waals surface area contributed by atoms with Gasteiger partial charge in [-0.15, -0.1) is 0 Å². The fourth-order valence-electron chi connectivity index (χ4n) is 3.14. The third-order valence-electron chi connectivity index (χ3n) is 4.47. The largest absolute Gasteiger partial charge is 0.340 e. The Kier molecular flexibility index (Phi) is 4.31. The van der Waals surface area contributed by atoms with E-state index in [0.29, 0.717) is 23.1 Å². The highest BCUT2D eigenvalue weighted by atomic mass is 35.5. The molecule has 1 N–H and O–H groups in total. The molecule has 4 rings (SSSR count). The summed E-state index contributed by atoms with van der Waals surface area (Å²) in [6.07, 6.45) is 2.27. The van der Waals surface area contributed by atoms with Crippen LogP contribution in [0.4, 0.5) is 17.2 Å². The predicted molar refractivity (Wildman–Crippen MR) is 103 cm³/mol. The number of aromatic nitrogens is 2. The van der Waals surface area contributed by atoms with Crippen molar-refractivity contribution in [2.45, 2.75) is 13.3 Å². The summed E-state index contributed by atoms with van der Waals surface area (Å²) in [4.78, 5) is 23.1. The fraction of sp³-hybridized carbons (Fsp3) is 0.150. The maximum absolute atomic E-state index is 12.9. The molecule has 0 aliphatic carbocycles. The average Bonchev–Trinajstić information content (AvgIpc) is 3.08. The van der Waals surface area contributed by atoms with Gasteiger partial charge in [0.1, 0.15) is 17.8 Å². The molecule has 5 nitrogen and oxygen atoms in total. The van der Waals surface area contributed by atoms with Gasteiger partial charge in [0.15, 0.2) is 0 Å². The summed E-state index contributed by atoms with van der Waals surface area (Å²) >= 11 is 6.00. The molecule has 0 fully saturated rings. The highest BCUT2D eigenvalue weighted by Crippen LogP contribution is 2.29. The molecule has 0 saturated carbocycles. The number of hydrogen-bond acceptors (Lipinski definition) is 4. The van der Waals surface area contributed by atoms with E-state index in [1.54, 1.807) is 11.0 Å². The van der Waals surface area contributed by atoms with Crippen LogP contribution in [0.25, 0.3) is 0 Å². The molecular weight excluding hydrogens is 348 g/mol. The first kappa shape index (κ1) is 16.5. The molecule has 6 heteroatoms. The molecule has 1 aromatic heterocycles. The standard InChI is InChI=1S/C20H17ClN4O/c1-13-10-15(21)6-7-16(13)24-19-11-17(22-12-23-19)20(26)25-9-8-14-4-2-3-5-18(14)25/h2-7,10-12H,8-9H2,1H3,(H,22,23,24). The summed E-state index contributed by atoms with van der Waals surface area (Å²) in [5.41, 5.74) is 4.39. The van der Waals surface area contributed by atoms with Gasteiger partial charge in [0.2, 0.25) is 0 Å². The summed E-state index contributed by atoms with van der Waals surface area (Å²) in [6.45, 7) is 2.63. The Bertz CT molecular complexity index is 989. The minimum absolute atomic E-state index is 0.117. The number of amides is 1. The maximum Gasteiger partial charge on any atom is 0.277 e. The van der Waals surface area contributed by atoms with Crippen LogP contribution in [0.1, 0.15) is 21.6 Å². The van der Waals surface area contributed by atoms with Gasteiger partial charge < -0.3 is 10.2 Å². The number of nitrogens with zero attached hydrogens (tertiary/aromatic N) is 3. The molecule has 3 aromatic rings. The molecule has 1 amide bonds. The summed E-state index contributed by atoms with van der Waals surface area (Å²) in [5.74, 6) is 0.453. The Morgan fingerprint density at radius 2 is 2.00 bits per heavy atom. The number of rotatable bonds is 3. The lowest BCUT2D eigenvalue weighted by molar-refractivity contribution is 0.0984. The van der Waals surface area contributed by atoms with Crippen LogP contribution in [0.2, 0.25) is 5.02 Å². The van der Waals surface area contributed by atoms with Crippen molar-refractivity contribution in [2.75, 3.05) is 16.8 Å². The van der Waals surface area contributed by atoms with E-state index in [2.05, 4.69) is 21.4 Å². The van der Waals surface area contributed by atoms with Crippen molar-refractivity contribution < 1.29 is 4.79 Å². The van der Waals surface area contributed by atoms with Crippen LogP contribution in [0.15, 0.2) is 54.9 Å². The number of benzene rings is 2. The van der Waals surface area contributed by atoms with Gasteiger partial charge in [-0.3, -0.25) is 4.79 Å². The summed E-state index contributed by atoms with van der Waals surface area (Å²) < 4.78 is 0. The van der Waals surface area contributed by atoms with Gasteiger partial charge >= 0.3 is 0 Å². The number of hydrogen-bond donors (Lipinski definition) is 1. The molecule has 0 radical (unpaired) electrons. The average molecular weight is 365 g/mol. The van der Waals surface area contributed by atoms with Crippen molar-refractivity contribution in [3.8, 4) is 0 Å². The number of carbonyl (C=O) groups is 1. The molecule has 0 atom stereocenters. The highest BCUT2D eigenvalue weighted by Gasteiger charge is 2.26. The van der Waals surface area contributed by atoms with Gasteiger partial charge in [0, 0.05) is 29.0 Å². The van der Waals surface area contributed by atoms with E-state index in [9.17, 15) is 4.79 Å². The van der Waals surface area contributed by atoms with Gasteiger partial charge in [-0.25, -0.2) is 9.97 Å². The van der Waals surface area contributed by atoms with Crippen LogP contribution in [0.5, 0.6) is 0 Å². The van der Waals surface area contributed by atoms with Crippen molar-refractivity contribution >= 4 is 34.7 Å². The minimum atomic E-state index is -0.117. The van der Waals surface area contributed by atoms with Gasteiger partial charge in [-0.05, 0) is 48.7 Å². The Balaban J connectivity index is 1.59. The third-order valence-corrected chi connectivity index (χ3v) is 4.70. The van der Waals surface area contributed by atoms with E-state index < -0.39 is 0 Å². The van der Waals surface area contributed by atoms with E-state index in [4.69, 9.17) is 11.6 Å². The molecule has 1 aliphatic rings. The van der Waals surface area contributed by atoms with E-state index in [1.165, 1.54) is 11.9 Å².